The number of rotatable bonds is 5. The second kappa shape index (κ2) is 8.05. The van der Waals surface area contributed by atoms with Gasteiger partial charge in [-0.1, -0.05) is 24.3 Å². The summed E-state index contributed by atoms with van der Waals surface area (Å²) in [5.41, 5.74) is 1.60. The van der Waals surface area contributed by atoms with Crippen LogP contribution in [0.4, 0.5) is 14.6 Å². The Balaban J connectivity index is 1.64. The second-order valence-electron chi connectivity index (χ2n) is 5.52. The Morgan fingerprint density at radius 3 is 2.35 bits per heavy atom. The molecule has 0 bridgehead atoms. The van der Waals surface area contributed by atoms with Crippen LogP contribution in [0.3, 0.4) is 0 Å². The predicted molar refractivity (Wildman–Crippen MR) is 99.5 cm³/mol. The summed E-state index contributed by atoms with van der Waals surface area (Å²) in [7, 11) is 0. The van der Waals surface area contributed by atoms with Gasteiger partial charge >= 0.3 is 0 Å². The molecule has 1 amide bonds. The summed E-state index contributed by atoms with van der Waals surface area (Å²) >= 11 is 3.35. The molecule has 0 saturated carbocycles. The molecular weight excluding hydrogens is 404 g/mol. The quantitative estimate of drug-likeness (QED) is 0.615. The average molecular weight is 418 g/mol. The topological polar surface area (TPSA) is 46.9 Å². The van der Waals surface area contributed by atoms with Crippen LogP contribution in [-0.4, -0.2) is 15.7 Å². The van der Waals surface area contributed by atoms with Crippen molar-refractivity contribution in [2.24, 2.45) is 0 Å². The Labute approximate surface area is 157 Å². The van der Waals surface area contributed by atoms with Crippen molar-refractivity contribution in [3.8, 4) is 0 Å². The van der Waals surface area contributed by atoms with Gasteiger partial charge < -0.3 is 5.32 Å². The van der Waals surface area contributed by atoms with E-state index in [4.69, 9.17) is 0 Å². The molecule has 0 unspecified atom stereocenters. The number of anilines is 1. The van der Waals surface area contributed by atoms with Gasteiger partial charge in [-0.2, -0.15) is 5.10 Å². The monoisotopic (exact) mass is 417 g/mol. The summed E-state index contributed by atoms with van der Waals surface area (Å²) in [5.74, 6) is -0.610. The fourth-order valence-electron chi connectivity index (χ4n) is 2.24. The van der Waals surface area contributed by atoms with E-state index in [1.807, 2.05) is 0 Å². The van der Waals surface area contributed by atoms with Gasteiger partial charge in [0.25, 0.3) is 0 Å². The van der Waals surface area contributed by atoms with Crippen LogP contribution in [0, 0.1) is 11.6 Å². The molecule has 7 heteroatoms. The minimum atomic E-state index is -0.359. The lowest BCUT2D eigenvalue weighted by atomic mass is 10.2. The molecule has 0 atom stereocenters. The first-order valence-electron chi connectivity index (χ1n) is 7.71. The van der Waals surface area contributed by atoms with Crippen molar-refractivity contribution in [1.29, 1.82) is 0 Å². The first kappa shape index (κ1) is 18.0. The SMILES string of the molecule is O=C(/C=C/c1ccc(F)cc1)Nc1nn(Cc2ccc(F)cc2)cc1Br. The molecule has 0 radical (unpaired) electrons. The molecule has 3 aromatic rings. The molecule has 132 valence electrons. The fourth-order valence-corrected chi connectivity index (χ4v) is 2.66. The number of carbonyl (C=O) groups excluding carboxylic acids is 1. The first-order valence-corrected chi connectivity index (χ1v) is 8.51. The van der Waals surface area contributed by atoms with Gasteiger partial charge in [-0.05, 0) is 57.4 Å². The number of nitrogens with one attached hydrogen (secondary N) is 1. The highest BCUT2D eigenvalue weighted by atomic mass is 79.9. The number of aromatic nitrogens is 2. The zero-order chi connectivity index (χ0) is 18.5. The second-order valence-corrected chi connectivity index (χ2v) is 6.38. The van der Waals surface area contributed by atoms with Gasteiger partial charge in [0.15, 0.2) is 5.82 Å². The maximum absolute atomic E-state index is 12.9. The Kier molecular flexibility index (Phi) is 5.58. The van der Waals surface area contributed by atoms with Gasteiger partial charge in [0, 0.05) is 12.3 Å². The highest BCUT2D eigenvalue weighted by molar-refractivity contribution is 9.10. The Hall–Kier alpha value is -2.80. The van der Waals surface area contributed by atoms with E-state index in [0.717, 1.165) is 5.56 Å². The van der Waals surface area contributed by atoms with E-state index in [-0.39, 0.29) is 17.5 Å². The third-order valence-corrected chi connectivity index (χ3v) is 4.09. The molecule has 26 heavy (non-hydrogen) atoms. The molecule has 3 rings (SSSR count). The van der Waals surface area contributed by atoms with Crippen molar-refractivity contribution < 1.29 is 13.6 Å². The van der Waals surface area contributed by atoms with Crippen LogP contribution in [-0.2, 0) is 11.3 Å². The van der Waals surface area contributed by atoms with Crippen molar-refractivity contribution in [3.63, 3.8) is 0 Å². The van der Waals surface area contributed by atoms with Crippen molar-refractivity contribution in [2.45, 2.75) is 6.54 Å². The number of hydrogen-bond acceptors (Lipinski definition) is 2. The van der Waals surface area contributed by atoms with E-state index < -0.39 is 0 Å². The molecule has 0 aliphatic heterocycles. The summed E-state index contributed by atoms with van der Waals surface area (Å²) in [6, 6.07) is 11.9. The Morgan fingerprint density at radius 2 is 1.69 bits per heavy atom. The Bertz CT molecular complexity index is 934. The van der Waals surface area contributed by atoms with Gasteiger partial charge in [-0.3, -0.25) is 9.48 Å². The van der Waals surface area contributed by atoms with Gasteiger partial charge in [-0.25, -0.2) is 8.78 Å². The molecule has 0 fully saturated rings. The van der Waals surface area contributed by atoms with E-state index in [9.17, 15) is 13.6 Å². The standard InChI is InChI=1S/C19H14BrF2N3O/c20-17-12-25(11-14-3-8-16(22)9-4-14)24-19(17)23-18(26)10-5-13-1-6-15(21)7-2-13/h1-10,12H,11H2,(H,23,24,26)/b10-5+. The fraction of sp³-hybridized carbons (Fsp3) is 0.0526. The average Bonchev–Trinajstić information content (AvgIpc) is 2.95. The number of halogens is 3. The molecule has 4 nitrogen and oxygen atoms in total. The third-order valence-electron chi connectivity index (χ3n) is 3.51. The maximum Gasteiger partial charge on any atom is 0.249 e. The van der Waals surface area contributed by atoms with Crippen LogP contribution < -0.4 is 5.32 Å². The Morgan fingerprint density at radius 1 is 1.08 bits per heavy atom. The van der Waals surface area contributed by atoms with Crippen LogP contribution in [0.25, 0.3) is 6.08 Å². The van der Waals surface area contributed by atoms with E-state index in [2.05, 4.69) is 26.3 Å². The highest BCUT2D eigenvalue weighted by Gasteiger charge is 2.09. The molecule has 1 aromatic heterocycles. The van der Waals surface area contributed by atoms with Crippen LogP contribution >= 0.6 is 15.9 Å². The number of benzene rings is 2. The largest absolute Gasteiger partial charge is 0.305 e. The van der Waals surface area contributed by atoms with Crippen LogP contribution in [0.2, 0.25) is 0 Å². The van der Waals surface area contributed by atoms with Crippen molar-refractivity contribution in [2.75, 3.05) is 5.32 Å². The van der Waals surface area contributed by atoms with Crippen molar-refractivity contribution in [3.05, 3.63) is 88.0 Å². The van der Waals surface area contributed by atoms with Crippen LogP contribution in [0.15, 0.2) is 65.3 Å². The van der Waals surface area contributed by atoms with E-state index in [0.29, 0.717) is 22.4 Å². The number of hydrogen-bond donors (Lipinski definition) is 1. The molecule has 0 saturated heterocycles. The number of carbonyl (C=O) groups is 1. The number of nitrogens with zero attached hydrogens (tertiary/aromatic N) is 2. The first-order chi connectivity index (χ1) is 12.5. The minimum absolute atomic E-state index is 0.295. The number of amides is 1. The van der Waals surface area contributed by atoms with Gasteiger partial charge in [-0.15, -0.1) is 0 Å². The van der Waals surface area contributed by atoms with Crippen LogP contribution in [0.5, 0.6) is 0 Å². The zero-order valence-corrected chi connectivity index (χ0v) is 15.1. The van der Waals surface area contributed by atoms with E-state index >= 15 is 0 Å². The summed E-state index contributed by atoms with van der Waals surface area (Å²) in [6.45, 7) is 0.445. The summed E-state index contributed by atoms with van der Waals surface area (Å²) in [5, 5.41) is 6.96. The molecule has 0 spiro atoms. The van der Waals surface area contributed by atoms with Gasteiger partial charge in [0.1, 0.15) is 11.6 Å². The molecule has 1 N–H and O–H groups in total. The molecule has 0 aliphatic carbocycles. The van der Waals surface area contributed by atoms with Crippen molar-refractivity contribution in [1.82, 2.24) is 9.78 Å². The maximum atomic E-state index is 12.9. The highest BCUT2D eigenvalue weighted by Crippen LogP contribution is 2.21. The lowest BCUT2D eigenvalue weighted by molar-refractivity contribution is -0.111. The lowest BCUT2D eigenvalue weighted by Crippen LogP contribution is -2.09. The normalized spacial score (nSPS) is 11.0. The van der Waals surface area contributed by atoms with E-state index in [1.165, 1.54) is 30.3 Å². The van der Waals surface area contributed by atoms with Gasteiger partial charge in [0.05, 0.1) is 11.0 Å². The minimum Gasteiger partial charge on any atom is -0.305 e. The summed E-state index contributed by atoms with van der Waals surface area (Å²) in [6.07, 6.45) is 4.65. The molecule has 2 aromatic carbocycles. The molecule has 0 aliphatic rings. The van der Waals surface area contributed by atoms with E-state index in [1.54, 1.807) is 41.2 Å². The summed E-state index contributed by atoms with van der Waals surface area (Å²) in [4.78, 5) is 12.0. The third kappa shape index (κ3) is 4.86. The zero-order valence-electron chi connectivity index (χ0n) is 13.5. The van der Waals surface area contributed by atoms with Crippen molar-refractivity contribution >= 4 is 33.7 Å². The summed E-state index contributed by atoms with van der Waals surface area (Å²) < 4.78 is 28.1. The molecule has 1 heterocycles. The smallest absolute Gasteiger partial charge is 0.249 e. The lowest BCUT2D eigenvalue weighted by Gasteiger charge is -2.02. The van der Waals surface area contributed by atoms with Crippen LogP contribution in [0.1, 0.15) is 11.1 Å². The van der Waals surface area contributed by atoms with Gasteiger partial charge in [0.2, 0.25) is 5.91 Å². The predicted octanol–water partition coefficient (Wildman–Crippen LogP) is 4.62. The molecular formula is C19H14BrF2N3O.